The van der Waals surface area contributed by atoms with Crippen LogP contribution in [-0.2, 0) is 0 Å². The van der Waals surface area contributed by atoms with E-state index in [9.17, 15) is 9.59 Å². The van der Waals surface area contributed by atoms with Crippen molar-refractivity contribution in [2.45, 2.75) is 19.3 Å². The SMILES string of the molecule is O=C(NCCC1CCCNC1)c1cccc(NC(=O)c2ccc3nc[nH]c3c2)c1. The Hall–Kier alpha value is -3.19. The lowest BCUT2D eigenvalue weighted by atomic mass is 9.96. The van der Waals surface area contributed by atoms with Crippen LogP contribution in [0.25, 0.3) is 11.0 Å². The van der Waals surface area contributed by atoms with E-state index in [2.05, 4.69) is 25.9 Å². The first kappa shape index (κ1) is 19.1. The Labute approximate surface area is 169 Å². The van der Waals surface area contributed by atoms with Crippen LogP contribution in [-0.4, -0.2) is 41.4 Å². The highest BCUT2D eigenvalue weighted by Crippen LogP contribution is 2.16. The molecular formula is C22H25N5O2. The largest absolute Gasteiger partial charge is 0.352 e. The Bertz CT molecular complexity index is 1010. The average Bonchev–Trinajstić information content (AvgIpc) is 3.22. The van der Waals surface area contributed by atoms with Gasteiger partial charge in [-0.25, -0.2) is 4.98 Å². The van der Waals surface area contributed by atoms with Gasteiger partial charge < -0.3 is 20.9 Å². The van der Waals surface area contributed by atoms with Gasteiger partial charge in [-0.15, -0.1) is 0 Å². The number of piperidine rings is 1. The van der Waals surface area contributed by atoms with Crippen molar-refractivity contribution in [2.75, 3.05) is 25.0 Å². The summed E-state index contributed by atoms with van der Waals surface area (Å²) in [5, 5.41) is 9.24. The first-order chi connectivity index (χ1) is 14.2. The lowest BCUT2D eigenvalue weighted by molar-refractivity contribution is 0.0949. The number of H-pyrrole nitrogens is 1. The zero-order chi connectivity index (χ0) is 20.1. The molecule has 1 aromatic heterocycles. The third-order valence-electron chi connectivity index (χ3n) is 5.30. The lowest BCUT2D eigenvalue weighted by Gasteiger charge is -2.22. The number of imidazole rings is 1. The molecule has 0 spiro atoms. The summed E-state index contributed by atoms with van der Waals surface area (Å²) in [6, 6.07) is 12.3. The molecule has 0 radical (unpaired) electrons. The van der Waals surface area contributed by atoms with E-state index in [0.717, 1.165) is 30.5 Å². The van der Waals surface area contributed by atoms with E-state index in [-0.39, 0.29) is 11.8 Å². The average molecular weight is 391 g/mol. The third kappa shape index (κ3) is 4.81. The number of fused-ring (bicyclic) bond motifs is 1. The Morgan fingerprint density at radius 2 is 2.00 bits per heavy atom. The number of nitrogens with one attached hydrogen (secondary N) is 4. The second-order valence-corrected chi connectivity index (χ2v) is 7.43. The highest BCUT2D eigenvalue weighted by molar-refractivity contribution is 6.06. The maximum atomic E-state index is 12.6. The van der Waals surface area contributed by atoms with Gasteiger partial charge in [-0.05, 0) is 74.7 Å². The van der Waals surface area contributed by atoms with Crippen molar-refractivity contribution in [1.29, 1.82) is 0 Å². The summed E-state index contributed by atoms with van der Waals surface area (Å²) < 4.78 is 0. The minimum atomic E-state index is -0.233. The van der Waals surface area contributed by atoms with Gasteiger partial charge in [0.25, 0.3) is 11.8 Å². The normalized spacial score (nSPS) is 16.5. The molecular weight excluding hydrogens is 366 g/mol. The molecule has 2 aromatic carbocycles. The number of hydrogen-bond acceptors (Lipinski definition) is 4. The van der Waals surface area contributed by atoms with Crippen molar-refractivity contribution in [3.63, 3.8) is 0 Å². The van der Waals surface area contributed by atoms with Gasteiger partial charge >= 0.3 is 0 Å². The molecule has 150 valence electrons. The molecule has 0 aliphatic carbocycles. The molecule has 0 bridgehead atoms. The molecule has 7 nitrogen and oxygen atoms in total. The summed E-state index contributed by atoms with van der Waals surface area (Å²) >= 11 is 0. The Balaban J connectivity index is 1.34. The Morgan fingerprint density at radius 3 is 2.86 bits per heavy atom. The quantitative estimate of drug-likeness (QED) is 0.519. The second kappa shape index (κ2) is 8.87. The monoisotopic (exact) mass is 391 g/mol. The number of rotatable bonds is 6. The van der Waals surface area contributed by atoms with Crippen LogP contribution in [0.1, 0.15) is 40.0 Å². The predicted molar refractivity (Wildman–Crippen MR) is 113 cm³/mol. The number of amides is 2. The second-order valence-electron chi connectivity index (χ2n) is 7.43. The summed E-state index contributed by atoms with van der Waals surface area (Å²) in [5.74, 6) is 0.273. The molecule has 1 aliphatic heterocycles. The number of aromatic amines is 1. The topological polar surface area (TPSA) is 98.9 Å². The van der Waals surface area contributed by atoms with Crippen LogP contribution in [0.5, 0.6) is 0 Å². The number of hydrogen-bond donors (Lipinski definition) is 4. The van der Waals surface area contributed by atoms with E-state index < -0.39 is 0 Å². The standard InChI is InChI=1S/C22H25N5O2/c28-21(24-10-8-15-3-2-9-23-13-15)16-4-1-5-18(11-16)27-22(29)17-6-7-19-20(12-17)26-14-25-19/h1,4-7,11-12,14-15,23H,2-3,8-10,13H2,(H,24,28)(H,25,26)(H,27,29). The van der Waals surface area contributed by atoms with Crippen molar-refractivity contribution in [3.8, 4) is 0 Å². The van der Waals surface area contributed by atoms with Crippen LogP contribution >= 0.6 is 0 Å². The minimum Gasteiger partial charge on any atom is -0.352 e. The molecule has 1 saturated heterocycles. The van der Waals surface area contributed by atoms with E-state index in [0.29, 0.717) is 29.3 Å². The minimum absolute atomic E-state index is 0.122. The fourth-order valence-corrected chi connectivity index (χ4v) is 3.68. The Morgan fingerprint density at radius 1 is 1.10 bits per heavy atom. The zero-order valence-corrected chi connectivity index (χ0v) is 16.2. The number of anilines is 1. The molecule has 1 unspecified atom stereocenters. The zero-order valence-electron chi connectivity index (χ0n) is 16.2. The highest BCUT2D eigenvalue weighted by atomic mass is 16.2. The van der Waals surface area contributed by atoms with E-state index in [1.165, 1.54) is 12.8 Å². The van der Waals surface area contributed by atoms with Crippen molar-refractivity contribution >= 4 is 28.5 Å². The number of aromatic nitrogens is 2. The molecule has 29 heavy (non-hydrogen) atoms. The Kier molecular flexibility index (Phi) is 5.86. The van der Waals surface area contributed by atoms with Crippen molar-refractivity contribution in [3.05, 3.63) is 59.9 Å². The van der Waals surface area contributed by atoms with Gasteiger partial charge in [-0.1, -0.05) is 6.07 Å². The van der Waals surface area contributed by atoms with Crippen molar-refractivity contribution in [2.24, 2.45) is 5.92 Å². The number of nitrogens with zero attached hydrogens (tertiary/aromatic N) is 1. The first-order valence-corrected chi connectivity index (χ1v) is 10.0. The van der Waals surface area contributed by atoms with E-state index in [4.69, 9.17) is 0 Å². The number of carbonyl (C=O) groups is 2. The molecule has 7 heteroatoms. The van der Waals surface area contributed by atoms with E-state index in [1.807, 2.05) is 0 Å². The molecule has 4 rings (SSSR count). The molecule has 2 amide bonds. The predicted octanol–water partition coefficient (Wildman–Crippen LogP) is 2.93. The van der Waals surface area contributed by atoms with E-state index in [1.54, 1.807) is 48.8 Å². The summed E-state index contributed by atoms with van der Waals surface area (Å²) in [4.78, 5) is 32.2. The van der Waals surface area contributed by atoms with Crippen molar-refractivity contribution in [1.82, 2.24) is 20.6 Å². The first-order valence-electron chi connectivity index (χ1n) is 10.0. The van der Waals surface area contributed by atoms with E-state index >= 15 is 0 Å². The number of carbonyl (C=O) groups excluding carboxylic acids is 2. The van der Waals surface area contributed by atoms with Crippen LogP contribution in [0.3, 0.4) is 0 Å². The molecule has 1 atom stereocenters. The van der Waals surface area contributed by atoms with Crippen LogP contribution in [0.2, 0.25) is 0 Å². The summed E-state index contributed by atoms with van der Waals surface area (Å²) in [5.41, 5.74) is 3.26. The van der Waals surface area contributed by atoms with Crippen molar-refractivity contribution < 1.29 is 9.59 Å². The smallest absolute Gasteiger partial charge is 0.255 e. The fraction of sp³-hybridized carbons (Fsp3) is 0.318. The maximum Gasteiger partial charge on any atom is 0.255 e. The van der Waals surface area contributed by atoms with Gasteiger partial charge in [0, 0.05) is 23.4 Å². The van der Waals surface area contributed by atoms with Gasteiger partial charge in [0.1, 0.15) is 0 Å². The molecule has 2 heterocycles. The number of benzene rings is 2. The van der Waals surface area contributed by atoms with Crippen LogP contribution < -0.4 is 16.0 Å². The van der Waals surface area contributed by atoms with Crippen LogP contribution in [0.15, 0.2) is 48.8 Å². The molecule has 4 N–H and O–H groups in total. The molecule has 0 saturated carbocycles. The third-order valence-corrected chi connectivity index (χ3v) is 5.30. The summed E-state index contributed by atoms with van der Waals surface area (Å²) in [6.45, 7) is 2.78. The van der Waals surface area contributed by atoms with Gasteiger partial charge in [0.2, 0.25) is 0 Å². The fourth-order valence-electron chi connectivity index (χ4n) is 3.68. The van der Waals surface area contributed by atoms with Gasteiger partial charge in [0.15, 0.2) is 0 Å². The summed E-state index contributed by atoms with van der Waals surface area (Å²) in [7, 11) is 0. The highest BCUT2D eigenvalue weighted by Gasteiger charge is 2.14. The van der Waals surface area contributed by atoms with Gasteiger partial charge in [0.05, 0.1) is 17.4 Å². The maximum absolute atomic E-state index is 12.6. The molecule has 3 aromatic rings. The van der Waals surface area contributed by atoms with Gasteiger partial charge in [-0.3, -0.25) is 9.59 Å². The van der Waals surface area contributed by atoms with Crippen LogP contribution in [0.4, 0.5) is 5.69 Å². The van der Waals surface area contributed by atoms with Gasteiger partial charge in [-0.2, -0.15) is 0 Å². The summed E-state index contributed by atoms with van der Waals surface area (Å²) in [6.07, 6.45) is 4.99. The molecule has 1 fully saturated rings. The lowest BCUT2D eigenvalue weighted by Crippen LogP contribution is -2.33. The van der Waals surface area contributed by atoms with Crippen LogP contribution in [0, 0.1) is 5.92 Å². The molecule has 1 aliphatic rings.